The fourth-order valence-corrected chi connectivity index (χ4v) is 37.1. The molecule has 0 aliphatic heterocycles. The van der Waals surface area contributed by atoms with Gasteiger partial charge in [-0.15, -0.1) is 0 Å². The van der Waals surface area contributed by atoms with Crippen molar-refractivity contribution in [1.82, 2.24) is 0 Å². The molecule has 0 nitrogen and oxygen atoms in total. The van der Waals surface area contributed by atoms with Crippen molar-refractivity contribution in [3.63, 3.8) is 0 Å². The molecule has 2 unspecified atom stereocenters. The van der Waals surface area contributed by atoms with Crippen LogP contribution in [0.15, 0.2) is 96.1 Å². The minimum absolute atomic E-state index is 0.0542. The van der Waals surface area contributed by atoms with Crippen molar-refractivity contribution in [3.05, 3.63) is 128 Å². The number of benzene rings is 4. The normalized spacial score (nSPS) is 17.9. The minimum atomic E-state index is -4.82. The van der Waals surface area contributed by atoms with Gasteiger partial charge in [0.05, 0.1) is 0 Å². The monoisotopic (exact) mass is 724 g/mol. The van der Waals surface area contributed by atoms with Gasteiger partial charge in [0, 0.05) is 0 Å². The molecule has 6 heteroatoms. The average Bonchev–Trinajstić information content (AvgIpc) is 3.57. The Morgan fingerprint density at radius 1 is 0.619 bits per heavy atom. The van der Waals surface area contributed by atoms with Crippen LogP contribution in [0.2, 0.25) is 23.1 Å². The predicted octanol–water partition coefficient (Wildman–Crippen LogP) is 13.0. The molecule has 0 heterocycles. The summed E-state index contributed by atoms with van der Waals surface area (Å²) in [4.78, 5) is 0. The Morgan fingerprint density at radius 2 is 1.02 bits per heavy atom. The fraction of sp³-hybridized carbons (Fsp3) is 0.222. The third-order valence-electron chi connectivity index (χ3n) is 9.40. The Balaban J connectivity index is 1.61. The summed E-state index contributed by atoms with van der Waals surface area (Å²) in [5.41, 5.74) is 11.3. The van der Waals surface area contributed by atoms with E-state index in [1.165, 1.54) is 44.5 Å². The molecule has 0 amide bonds. The molecule has 2 atom stereocenters. The SMILES string of the molecule is CCC1=Cc2c(-c3cccc(Cl)c3)cccc2[CH]1[Zr]([Cl])([Cl])([CH]1C(CC)=Cc2c(-c3cccc(Cl)c3)cccc21)=[Si](C)C. The van der Waals surface area contributed by atoms with Gasteiger partial charge in [-0.3, -0.25) is 0 Å². The molecule has 0 saturated carbocycles. The van der Waals surface area contributed by atoms with Crippen molar-refractivity contribution in [2.45, 2.75) is 47.0 Å². The van der Waals surface area contributed by atoms with Crippen molar-refractivity contribution in [3.8, 4) is 22.3 Å². The summed E-state index contributed by atoms with van der Waals surface area (Å²) < 4.78 is 0.108. The van der Waals surface area contributed by atoms with Gasteiger partial charge in [0.1, 0.15) is 0 Å². The zero-order valence-electron chi connectivity index (χ0n) is 24.3. The van der Waals surface area contributed by atoms with Crippen LogP contribution in [-0.2, 0) is 15.0 Å². The molecule has 4 aromatic carbocycles. The van der Waals surface area contributed by atoms with Crippen LogP contribution in [0.5, 0.6) is 0 Å². The molecule has 0 aromatic heterocycles. The average molecular weight is 728 g/mol. The van der Waals surface area contributed by atoms with Gasteiger partial charge in [-0.05, 0) is 0 Å². The molecule has 2 aliphatic carbocycles. The Morgan fingerprint density at radius 3 is 1.38 bits per heavy atom. The van der Waals surface area contributed by atoms with Crippen LogP contribution in [0.4, 0.5) is 0 Å². The molecule has 4 aromatic rings. The van der Waals surface area contributed by atoms with Crippen molar-refractivity contribution in [2.24, 2.45) is 0 Å². The van der Waals surface area contributed by atoms with Gasteiger partial charge in [0.15, 0.2) is 0 Å². The van der Waals surface area contributed by atoms with Gasteiger partial charge >= 0.3 is 270 Å². The van der Waals surface area contributed by atoms with Crippen LogP contribution >= 0.6 is 40.2 Å². The molecular formula is C36H34Cl4SiZr. The predicted molar refractivity (Wildman–Crippen MR) is 185 cm³/mol. The summed E-state index contributed by atoms with van der Waals surface area (Å²) in [7, 11) is 17.0. The van der Waals surface area contributed by atoms with Crippen LogP contribution in [0, 0.1) is 0 Å². The van der Waals surface area contributed by atoms with Gasteiger partial charge in [0.25, 0.3) is 0 Å². The third kappa shape index (κ3) is 4.81. The van der Waals surface area contributed by atoms with Crippen molar-refractivity contribution >= 4 is 57.8 Å². The molecule has 0 bridgehead atoms. The summed E-state index contributed by atoms with van der Waals surface area (Å²) in [5.74, 6) is 0. The molecule has 0 spiro atoms. The maximum atomic E-state index is 8.49. The van der Waals surface area contributed by atoms with Crippen LogP contribution in [-0.4, -0.2) is 5.43 Å². The standard InChI is InChI=1S/2C17H14Cl.C2H6Si.2ClH.Zr/c2*1-2-12-9-13-6-4-8-16(17(13)10-12)14-5-3-7-15(18)11-14;1-3-2;;;/h2*3-11H,2H2,1H3;1-2H3;2*1H;/q;;;;;+2/p-2. The van der Waals surface area contributed by atoms with Crippen molar-refractivity contribution in [2.75, 3.05) is 0 Å². The molecule has 0 saturated heterocycles. The van der Waals surface area contributed by atoms with Crippen LogP contribution in [0.25, 0.3) is 34.4 Å². The van der Waals surface area contributed by atoms with Gasteiger partial charge in [0.2, 0.25) is 0 Å². The van der Waals surface area contributed by atoms with E-state index in [4.69, 9.17) is 40.2 Å². The van der Waals surface area contributed by atoms with E-state index < -0.39 is 20.4 Å². The van der Waals surface area contributed by atoms with Gasteiger partial charge in [-0.25, -0.2) is 0 Å². The Kier molecular flexibility index (Phi) is 8.40. The van der Waals surface area contributed by atoms with E-state index in [0.717, 1.165) is 34.0 Å². The number of halogens is 4. The molecule has 0 radical (unpaired) electrons. The van der Waals surface area contributed by atoms with Crippen LogP contribution < -0.4 is 0 Å². The number of allylic oxidation sites excluding steroid dienone is 2. The third-order valence-corrected chi connectivity index (χ3v) is 56.4. The quantitative estimate of drug-likeness (QED) is 0.174. The first-order valence-electron chi connectivity index (χ1n) is 14.6. The van der Waals surface area contributed by atoms with E-state index in [0.29, 0.717) is 0 Å². The van der Waals surface area contributed by atoms with E-state index in [9.17, 15) is 0 Å². The van der Waals surface area contributed by atoms with Gasteiger partial charge in [-0.2, -0.15) is 0 Å². The molecule has 0 fully saturated rings. The Hall–Kier alpha value is -1.38. The second-order valence-corrected chi connectivity index (χ2v) is 51.5. The van der Waals surface area contributed by atoms with Crippen molar-refractivity contribution < 1.29 is 15.0 Å². The molecule has 6 rings (SSSR count). The summed E-state index contributed by atoms with van der Waals surface area (Å²) in [6.07, 6.45) is 6.62. The van der Waals surface area contributed by atoms with Gasteiger partial charge in [-0.1, -0.05) is 0 Å². The van der Waals surface area contributed by atoms with E-state index in [1.807, 2.05) is 24.3 Å². The second kappa shape index (κ2) is 11.5. The topological polar surface area (TPSA) is 0 Å². The van der Waals surface area contributed by atoms with Gasteiger partial charge < -0.3 is 0 Å². The van der Waals surface area contributed by atoms with E-state index in [2.05, 4.69) is 99.8 Å². The summed E-state index contributed by atoms with van der Waals surface area (Å²) in [5, 5.41) is 1.48. The number of fused-ring (bicyclic) bond motifs is 2. The summed E-state index contributed by atoms with van der Waals surface area (Å²) in [6, 6.07) is 29.6. The van der Waals surface area contributed by atoms with E-state index in [1.54, 1.807) is 0 Å². The first-order chi connectivity index (χ1) is 20.1. The first-order valence-corrected chi connectivity index (χ1v) is 30.8. The Bertz CT molecular complexity index is 1750. The van der Waals surface area contributed by atoms with Crippen molar-refractivity contribution in [1.29, 1.82) is 0 Å². The summed E-state index contributed by atoms with van der Waals surface area (Å²) in [6.45, 7) is 9.24. The van der Waals surface area contributed by atoms with Crippen LogP contribution in [0.1, 0.15) is 56.2 Å². The van der Waals surface area contributed by atoms with E-state index in [-0.39, 0.29) is 7.25 Å². The molecule has 0 N–H and O–H groups in total. The first kappa shape index (κ1) is 30.6. The number of hydrogen-bond acceptors (Lipinski definition) is 0. The second-order valence-electron chi connectivity index (χ2n) is 11.8. The zero-order valence-corrected chi connectivity index (χ0v) is 30.8. The number of hydrogen-bond donors (Lipinski definition) is 0. The molecule has 42 heavy (non-hydrogen) atoms. The van der Waals surface area contributed by atoms with E-state index >= 15 is 0 Å². The van der Waals surface area contributed by atoms with Crippen LogP contribution in [0.3, 0.4) is 0 Å². The maximum absolute atomic E-state index is 8.49. The number of rotatable bonds is 6. The fourth-order valence-electron chi connectivity index (χ4n) is 7.35. The molecule has 2 aliphatic rings. The molecular weight excluding hydrogens is 694 g/mol. The molecule has 214 valence electrons. The zero-order chi connectivity index (χ0) is 29.8. The summed E-state index contributed by atoms with van der Waals surface area (Å²) >= 11 is 8.06. The Labute approximate surface area is 268 Å².